The van der Waals surface area contributed by atoms with Crippen molar-refractivity contribution in [3.63, 3.8) is 0 Å². The zero-order valence-electron chi connectivity index (χ0n) is 15.3. The highest BCUT2D eigenvalue weighted by molar-refractivity contribution is 6.31. The van der Waals surface area contributed by atoms with Crippen molar-refractivity contribution < 1.29 is 9.18 Å². The molecule has 4 N–H and O–H groups in total. The molecule has 1 aliphatic heterocycles. The quantitative estimate of drug-likeness (QED) is 0.491. The van der Waals surface area contributed by atoms with E-state index in [1.54, 1.807) is 24.7 Å². The Kier molecular flexibility index (Phi) is 4.80. The van der Waals surface area contributed by atoms with Crippen LogP contribution >= 0.6 is 0 Å². The molecule has 0 bridgehead atoms. The van der Waals surface area contributed by atoms with E-state index in [4.69, 9.17) is 0 Å². The van der Waals surface area contributed by atoms with Crippen LogP contribution in [0.2, 0.25) is 0 Å². The molecule has 0 radical (unpaired) electrons. The van der Waals surface area contributed by atoms with Gasteiger partial charge < -0.3 is 20.9 Å². The van der Waals surface area contributed by atoms with Gasteiger partial charge in [-0.3, -0.25) is 4.79 Å². The minimum atomic E-state index is -0.420. The summed E-state index contributed by atoms with van der Waals surface area (Å²) < 4.78 is 14.1. The largest absolute Gasteiger partial charge is 0.384 e. The Morgan fingerprint density at radius 2 is 2.14 bits per heavy atom. The third-order valence-electron chi connectivity index (χ3n) is 4.64. The van der Waals surface area contributed by atoms with Crippen molar-refractivity contribution in [2.24, 2.45) is 0 Å². The van der Waals surface area contributed by atoms with E-state index in [-0.39, 0.29) is 11.5 Å². The number of nitrogens with zero attached hydrogens (tertiary/aromatic N) is 1. The number of halogens is 1. The molecule has 0 aliphatic carbocycles. The number of fused-ring (bicyclic) bond motifs is 1. The van der Waals surface area contributed by atoms with Gasteiger partial charge in [0.2, 0.25) is 0 Å². The number of rotatable bonds is 6. The lowest BCUT2D eigenvalue weighted by atomic mass is 10.1. The minimum Gasteiger partial charge on any atom is -0.384 e. The molecule has 1 aliphatic rings. The molecule has 1 aromatic heterocycles. The molecule has 6 nitrogen and oxygen atoms in total. The van der Waals surface area contributed by atoms with Gasteiger partial charge in [-0.15, -0.1) is 0 Å². The number of imidazole rings is 1. The zero-order valence-corrected chi connectivity index (χ0v) is 15.3. The molecule has 28 heavy (non-hydrogen) atoms. The molecular weight excluding hydrogens is 357 g/mol. The molecule has 0 unspecified atom stereocenters. The highest BCUT2D eigenvalue weighted by Crippen LogP contribution is 2.33. The van der Waals surface area contributed by atoms with Crippen molar-refractivity contribution in [3.05, 3.63) is 77.8 Å². The van der Waals surface area contributed by atoms with Gasteiger partial charge in [-0.05, 0) is 42.8 Å². The van der Waals surface area contributed by atoms with E-state index in [0.717, 1.165) is 35.6 Å². The van der Waals surface area contributed by atoms with Crippen LogP contribution in [-0.4, -0.2) is 22.4 Å². The summed E-state index contributed by atoms with van der Waals surface area (Å²) in [5.74, 6) is -0.738. The van der Waals surface area contributed by atoms with Crippen LogP contribution in [0, 0.1) is 12.7 Å². The number of benzene rings is 2. The number of carbonyl (C=O) groups is 1. The Morgan fingerprint density at radius 1 is 1.25 bits per heavy atom. The van der Waals surface area contributed by atoms with Gasteiger partial charge in [0.15, 0.2) is 0 Å². The Morgan fingerprint density at radius 3 is 2.93 bits per heavy atom. The summed E-state index contributed by atoms with van der Waals surface area (Å²) in [6.07, 6.45) is 5.93. The predicted octanol–water partition coefficient (Wildman–Crippen LogP) is 3.92. The average Bonchev–Trinajstić information content (AvgIpc) is 3.29. The normalized spacial score (nSPS) is 14.1. The van der Waals surface area contributed by atoms with Gasteiger partial charge in [0.25, 0.3) is 5.91 Å². The monoisotopic (exact) mass is 377 g/mol. The van der Waals surface area contributed by atoms with Crippen molar-refractivity contribution >= 4 is 28.5 Å². The molecule has 3 aromatic rings. The summed E-state index contributed by atoms with van der Waals surface area (Å²) in [6.45, 7) is 2.78. The molecule has 7 heteroatoms. The maximum absolute atomic E-state index is 14.1. The molecule has 0 saturated heterocycles. The van der Waals surface area contributed by atoms with Crippen LogP contribution in [0.1, 0.15) is 16.8 Å². The maximum Gasteiger partial charge on any atom is 0.257 e. The van der Waals surface area contributed by atoms with Crippen molar-refractivity contribution in [1.82, 2.24) is 9.97 Å². The number of aryl methyl sites for hydroxylation is 1. The average molecular weight is 377 g/mol. The lowest BCUT2D eigenvalue weighted by Crippen LogP contribution is -2.07. The molecule has 142 valence electrons. The fourth-order valence-corrected chi connectivity index (χ4v) is 3.20. The van der Waals surface area contributed by atoms with E-state index in [1.165, 1.54) is 6.07 Å². The topological polar surface area (TPSA) is 81.8 Å². The molecule has 0 spiro atoms. The first kappa shape index (κ1) is 17.8. The fourth-order valence-electron chi connectivity index (χ4n) is 3.20. The summed E-state index contributed by atoms with van der Waals surface area (Å²) in [5, 5.41) is 9.17. The molecule has 4 rings (SSSR count). The van der Waals surface area contributed by atoms with E-state index in [2.05, 4.69) is 25.9 Å². The van der Waals surface area contributed by atoms with Crippen molar-refractivity contribution in [1.29, 1.82) is 0 Å². The van der Waals surface area contributed by atoms with E-state index in [9.17, 15) is 9.18 Å². The highest BCUT2D eigenvalue weighted by Gasteiger charge is 2.27. The van der Waals surface area contributed by atoms with Gasteiger partial charge in [0, 0.05) is 42.3 Å². The number of aromatic amines is 1. The first-order valence-corrected chi connectivity index (χ1v) is 9.01. The number of hydrogen-bond acceptors (Lipinski definition) is 4. The second-order valence-electron chi connectivity index (χ2n) is 6.59. The summed E-state index contributed by atoms with van der Waals surface area (Å²) in [4.78, 5) is 19.3. The fraction of sp³-hybridized carbons (Fsp3) is 0.143. The van der Waals surface area contributed by atoms with Gasteiger partial charge in [0.05, 0.1) is 23.3 Å². The van der Waals surface area contributed by atoms with E-state index >= 15 is 0 Å². The summed E-state index contributed by atoms with van der Waals surface area (Å²) in [5.41, 5.74) is 5.00. The zero-order chi connectivity index (χ0) is 19.5. The van der Waals surface area contributed by atoms with Gasteiger partial charge >= 0.3 is 0 Å². The third-order valence-corrected chi connectivity index (χ3v) is 4.64. The van der Waals surface area contributed by atoms with Crippen LogP contribution in [-0.2, 0) is 11.2 Å². The second-order valence-corrected chi connectivity index (χ2v) is 6.59. The van der Waals surface area contributed by atoms with Gasteiger partial charge in [0.1, 0.15) is 5.82 Å². The SMILES string of the molecule is Cc1cc(N/C=C2/C(=O)Nc3cccc(F)c32)ccc1NCCc1c[nH]cn1. The van der Waals surface area contributed by atoms with Crippen molar-refractivity contribution in [3.8, 4) is 0 Å². The van der Waals surface area contributed by atoms with Gasteiger partial charge in [-0.1, -0.05) is 6.07 Å². The minimum absolute atomic E-state index is 0.284. The standard InChI is InChI=1S/C21H20FN5O/c1-13-9-14(5-6-18(13)24-8-7-15-10-23-12-26-15)25-11-16-20-17(22)3-2-4-19(20)27-21(16)28/h2-6,9-12,24-25H,7-8H2,1H3,(H,23,26)(H,27,28)/b16-11+. The first-order valence-electron chi connectivity index (χ1n) is 9.01. The summed E-state index contributed by atoms with van der Waals surface area (Å²) >= 11 is 0. The van der Waals surface area contributed by atoms with E-state index in [1.807, 2.05) is 31.3 Å². The predicted molar refractivity (Wildman–Crippen MR) is 109 cm³/mol. The number of H-pyrrole nitrogens is 1. The van der Waals surface area contributed by atoms with Crippen LogP contribution in [0.25, 0.3) is 5.57 Å². The van der Waals surface area contributed by atoms with E-state index in [0.29, 0.717) is 11.3 Å². The molecule has 0 atom stereocenters. The van der Waals surface area contributed by atoms with E-state index < -0.39 is 5.82 Å². The second kappa shape index (κ2) is 7.56. The summed E-state index contributed by atoms with van der Waals surface area (Å²) in [7, 11) is 0. The smallest absolute Gasteiger partial charge is 0.257 e. The maximum atomic E-state index is 14.1. The van der Waals surface area contributed by atoms with Crippen molar-refractivity contribution in [2.45, 2.75) is 13.3 Å². The number of nitrogens with one attached hydrogen (secondary N) is 4. The van der Waals surface area contributed by atoms with Crippen LogP contribution in [0.4, 0.5) is 21.5 Å². The van der Waals surface area contributed by atoms with Crippen LogP contribution in [0.5, 0.6) is 0 Å². The Labute approximate surface area is 161 Å². The molecule has 2 heterocycles. The number of anilines is 3. The van der Waals surface area contributed by atoms with Crippen LogP contribution in [0.3, 0.4) is 0 Å². The number of hydrogen-bond donors (Lipinski definition) is 4. The number of carbonyl (C=O) groups excluding carboxylic acids is 1. The molecular formula is C21H20FN5O. The van der Waals surface area contributed by atoms with Crippen LogP contribution < -0.4 is 16.0 Å². The van der Waals surface area contributed by atoms with Crippen molar-refractivity contribution in [2.75, 3.05) is 22.5 Å². The highest BCUT2D eigenvalue weighted by atomic mass is 19.1. The first-order chi connectivity index (χ1) is 13.6. The third kappa shape index (κ3) is 3.59. The molecule has 0 fully saturated rings. The number of aromatic nitrogens is 2. The molecule has 1 amide bonds. The summed E-state index contributed by atoms with van der Waals surface area (Å²) in [6, 6.07) is 10.5. The van der Waals surface area contributed by atoms with Crippen LogP contribution in [0.15, 0.2) is 55.1 Å². The Bertz CT molecular complexity index is 1040. The lowest BCUT2D eigenvalue weighted by molar-refractivity contribution is -0.110. The molecule has 0 saturated carbocycles. The Hall–Kier alpha value is -3.61. The Balaban J connectivity index is 1.44. The lowest BCUT2D eigenvalue weighted by Gasteiger charge is -2.11. The van der Waals surface area contributed by atoms with Gasteiger partial charge in [-0.25, -0.2) is 9.37 Å². The molecule has 2 aromatic carbocycles. The van der Waals surface area contributed by atoms with Gasteiger partial charge in [-0.2, -0.15) is 0 Å². The number of amides is 1.